The molecule has 0 saturated heterocycles. The SMILES string of the molecule is CC(CC(=O)N1CCC(=O)c2ccccc21)c1ccccc1. The summed E-state index contributed by atoms with van der Waals surface area (Å²) in [4.78, 5) is 26.4. The van der Waals surface area contributed by atoms with Crippen LogP contribution in [0.1, 0.15) is 41.6 Å². The minimum absolute atomic E-state index is 0.0799. The Morgan fingerprint density at radius 3 is 2.55 bits per heavy atom. The highest BCUT2D eigenvalue weighted by molar-refractivity contribution is 6.08. The highest BCUT2D eigenvalue weighted by atomic mass is 16.2. The Labute approximate surface area is 130 Å². The molecule has 112 valence electrons. The number of Topliss-reactive ketones (excluding diaryl/α,β-unsaturated/α-hetero) is 1. The fraction of sp³-hybridized carbons (Fsp3) is 0.263. The average molecular weight is 293 g/mol. The van der Waals surface area contributed by atoms with Crippen LogP contribution in [0, 0.1) is 0 Å². The molecule has 1 unspecified atom stereocenters. The van der Waals surface area contributed by atoms with E-state index in [1.165, 1.54) is 0 Å². The zero-order valence-electron chi connectivity index (χ0n) is 12.7. The molecule has 0 saturated carbocycles. The smallest absolute Gasteiger partial charge is 0.227 e. The molecule has 3 rings (SSSR count). The normalized spacial score (nSPS) is 15.3. The van der Waals surface area contributed by atoms with Gasteiger partial charge in [0, 0.05) is 24.9 Å². The molecule has 1 amide bonds. The van der Waals surface area contributed by atoms with Crippen molar-refractivity contribution in [2.45, 2.75) is 25.7 Å². The second-order valence-electron chi connectivity index (χ2n) is 5.75. The van der Waals surface area contributed by atoms with E-state index in [-0.39, 0.29) is 17.6 Å². The average Bonchev–Trinajstić information content (AvgIpc) is 2.56. The first-order valence-electron chi connectivity index (χ1n) is 7.64. The molecular formula is C19H19NO2. The molecule has 0 bridgehead atoms. The van der Waals surface area contributed by atoms with Gasteiger partial charge in [0.2, 0.25) is 5.91 Å². The van der Waals surface area contributed by atoms with Gasteiger partial charge in [-0.25, -0.2) is 0 Å². The van der Waals surface area contributed by atoms with E-state index in [4.69, 9.17) is 0 Å². The van der Waals surface area contributed by atoms with Gasteiger partial charge < -0.3 is 4.90 Å². The van der Waals surface area contributed by atoms with E-state index in [9.17, 15) is 9.59 Å². The van der Waals surface area contributed by atoms with Crippen LogP contribution >= 0.6 is 0 Å². The molecule has 0 N–H and O–H groups in total. The number of carbonyl (C=O) groups excluding carboxylic acids is 2. The Hall–Kier alpha value is -2.42. The van der Waals surface area contributed by atoms with Gasteiger partial charge in [0.15, 0.2) is 5.78 Å². The van der Waals surface area contributed by atoms with Crippen molar-refractivity contribution >= 4 is 17.4 Å². The van der Waals surface area contributed by atoms with E-state index in [0.29, 0.717) is 24.9 Å². The van der Waals surface area contributed by atoms with E-state index in [1.807, 2.05) is 48.5 Å². The molecule has 3 heteroatoms. The molecule has 0 spiro atoms. The van der Waals surface area contributed by atoms with Gasteiger partial charge in [-0.3, -0.25) is 9.59 Å². The summed E-state index contributed by atoms with van der Waals surface area (Å²) < 4.78 is 0. The lowest BCUT2D eigenvalue weighted by Crippen LogP contribution is -2.37. The maximum atomic E-state index is 12.7. The molecule has 2 aromatic rings. The molecule has 1 heterocycles. The minimum atomic E-state index is 0.0799. The Morgan fingerprint density at radius 2 is 1.77 bits per heavy atom. The number of carbonyl (C=O) groups is 2. The summed E-state index contributed by atoms with van der Waals surface area (Å²) in [5.41, 5.74) is 2.58. The maximum absolute atomic E-state index is 12.7. The van der Waals surface area contributed by atoms with E-state index in [2.05, 4.69) is 6.92 Å². The van der Waals surface area contributed by atoms with Gasteiger partial charge in [0.25, 0.3) is 0 Å². The molecule has 0 fully saturated rings. The van der Waals surface area contributed by atoms with E-state index in [1.54, 1.807) is 11.0 Å². The zero-order chi connectivity index (χ0) is 15.5. The molecular weight excluding hydrogens is 274 g/mol. The molecule has 22 heavy (non-hydrogen) atoms. The molecule has 1 atom stereocenters. The van der Waals surface area contributed by atoms with E-state index >= 15 is 0 Å². The second kappa shape index (κ2) is 6.14. The number of nitrogens with zero attached hydrogens (tertiary/aromatic N) is 1. The van der Waals surface area contributed by atoms with Crippen molar-refractivity contribution in [2.75, 3.05) is 11.4 Å². The third-order valence-corrected chi connectivity index (χ3v) is 4.21. The summed E-state index contributed by atoms with van der Waals surface area (Å²) in [5, 5.41) is 0. The molecule has 2 aromatic carbocycles. The van der Waals surface area contributed by atoms with Crippen LogP contribution in [0.3, 0.4) is 0 Å². The van der Waals surface area contributed by atoms with Gasteiger partial charge >= 0.3 is 0 Å². The fourth-order valence-corrected chi connectivity index (χ4v) is 2.94. The number of ketones is 1. The van der Waals surface area contributed by atoms with E-state index in [0.717, 1.165) is 11.3 Å². The van der Waals surface area contributed by atoms with Gasteiger partial charge in [0.1, 0.15) is 0 Å². The van der Waals surface area contributed by atoms with Crippen LogP contribution in [-0.4, -0.2) is 18.2 Å². The quantitative estimate of drug-likeness (QED) is 0.863. The van der Waals surface area contributed by atoms with Gasteiger partial charge in [0.05, 0.1) is 5.69 Å². The Morgan fingerprint density at radius 1 is 1.09 bits per heavy atom. The van der Waals surface area contributed by atoms with E-state index < -0.39 is 0 Å². The van der Waals surface area contributed by atoms with Crippen molar-refractivity contribution in [2.24, 2.45) is 0 Å². The highest BCUT2D eigenvalue weighted by Gasteiger charge is 2.27. The number of benzene rings is 2. The zero-order valence-corrected chi connectivity index (χ0v) is 12.7. The third-order valence-electron chi connectivity index (χ3n) is 4.21. The number of rotatable bonds is 3. The lowest BCUT2D eigenvalue weighted by atomic mass is 9.95. The van der Waals surface area contributed by atoms with Crippen LogP contribution < -0.4 is 4.90 Å². The molecule has 0 aromatic heterocycles. The monoisotopic (exact) mass is 293 g/mol. The summed E-state index contributed by atoms with van der Waals surface area (Å²) in [7, 11) is 0. The molecule has 3 nitrogen and oxygen atoms in total. The summed E-state index contributed by atoms with van der Waals surface area (Å²) in [6.07, 6.45) is 0.856. The molecule has 0 aliphatic carbocycles. The second-order valence-corrected chi connectivity index (χ2v) is 5.75. The lowest BCUT2D eigenvalue weighted by molar-refractivity contribution is -0.118. The first-order chi connectivity index (χ1) is 10.7. The van der Waals surface area contributed by atoms with Gasteiger partial charge in [-0.05, 0) is 23.6 Å². The number of para-hydroxylation sites is 1. The highest BCUT2D eigenvalue weighted by Crippen LogP contribution is 2.29. The van der Waals surface area contributed by atoms with Crippen LogP contribution in [0.4, 0.5) is 5.69 Å². The van der Waals surface area contributed by atoms with Gasteiger partial charge in [-0.15, -0.1) is 0 Å². The number of anilines is 1. The van der Waals surface area contributed by atoms with Crippen LogP contribution in [0.25, 0.3) is 0 Å². The summed E-state index contributed by atoms with van der Waals surface area (Å²) in [5.74, 6) is 0.366. The first kappa shape index (κ1) is 14.5. The Bertz CT molecular complexity index is 694. The Kier molecular flexibility index (Phi) is 4.05. The fourth-order valence-electron chi connectivity index (χ4n) is 2.94. The lowest BCUT2D eigenvalue weighted by Gasteiger charge is -2.29. The third kappa shape index (κ3) is 2.80. The van der Waals surface area contributed by atoms with Crippen LogP contribution in [0.5, 0.6) is 0 Å². The summed E-state index contributed by atoms with van der Waals surface area (Å²) in [6, 6.07) is 17.4. The largest absolute Gasteiger partial charge is 0.311 e. The van der Waals surface area contributed by atoms with Crippen molar-refractivity contribution in [1.82, 2.24) is 0 Å². The Balaban J connectivity index is 1.79. The van der Waals surface area contributed by atoms with Crippen LogP contribution in [0.2, 0.25) is 0 Å². The predicted molar refractivity (Wildman–Crippen MR) is 87.2 cm³/mol. The van der Waals surface area contributed by atoms with Crippen LogP contribution in [0.15, 0.2) is 54.6 Å². The number of fused-ring (bicyclic) bond motifs is 1. The number of amides is 1. The van der Waals surface area contributed by atoms with Crippen molar-refractivity contribution in [3.05, 3.63) is 65.7 Å². The van der Waals surface area contributed by atoms with Crippen molar-refractivity contribution in [3.63, 3.8) is 0 Å². The van der Waals surface area contributed by atoms with Crippen LogP contribution in [-0.2, 0) is 4.79 Å². The maximum Gasteiger partial charge on any atom is 0.227 e. The number of hydrogen-bond donors (Lipinski definition) is 0. The first-order valence-corrected chi connectivity index (χ1v) is 7.64. The molecule has 1 aliphatic rings. The summed E-state index contributed by atoms with van der Waals surface area (Å²) >= 11 is 0. The van der Waals surface area contributed by atoms with Gasteiger partial charge in [-0.2, -0.15) is 0 Å². The topological polar surface area (TPSA) is 37.4 Å². The van der Waals surface area contributed by atoms with Gasteiger partial charge in [-0.1, -0.05) is 49.4 Å². The molecule has 1 aliphatic heterocycles. The summed E-state index contributed by atoms with van der Waals surface area (Å²) in [6.45, 7) is 2.55. The number of hydrogen-bond acceptors (Lipinski definition) is 2. The van der Waals surface area contributed by atoms with Crippen molar-refractivity contribution in [3.8, 4) is 0 Å². The minimum Gasteiger partial charge on any atom is -0.311 e. The van der Waals surface area contributed by atoms with Crippen molar-refractivity contribution in [1.29, 1.82) is 0 Å². The standard InChI is InChI=1S/C19H19NO2/c1-14(15-7-3-2-4-8-15)13-19(22)20-12-11-18(21)16-9-5-6-10-17(16)20/h2-10,14H,11-13H2,1H3. The van der Waals surface area contributed by atoms with Crippen molar-refractivity contribution < 1.29 is 9.59 Å². The molecule has 0 radical (unpaired) electrons. The predicted octanol–water partition coefficient (Wildman–Crippen LogP) is 3.80.